The van der Waals surface area contributed by atoms with Gasteiger partial charge in [-0.2, -0.15) is 0 Å². The minimum Gasteiger partial charge on any atom is -0.461 e. The zero-order valence-corrected chi connectivity index (χ0v) is 9.38. The van der Waals surface area contributed by atoms with Gasteiger partial charge in [0.2, 0.25) is 0 Å². The summed E-state index contributed by atoms with van der Waals surface area (Å²) >= 11 is 0. The highest BCUT2D eigenvalue weighted by Crippen LogP contribution is 2.32. The SMILES string of the molecule is CC(=O)c1ccc2c3c(oc2c1)CCCC3. The molecule has 0 atom stereocenters. The molecule has 0 saturated carbocycles. The summed E-state index contributed by atoms with van der Waals surface area (Å²) in [5.74, 6) is 1.22. The van der Waals surface area contributed by atoms with E-state index in [1.54, 1.807) is 6.92 Å². The minimum absolute atomic E-state index is 0.0938. The molecule has 0 amide bonds. The maximum Gasteiger partial charge on any atom is 0.159 e. The molecule has 0 N–H and O–H groups in total. The van der Waals surface area contributed by atoms with Crippen LogP contribution >= 0.6 is 0 Å². The predicted octanol–water partition coefficient (Wildman–Crippen LogP) is 3.51. The molecule has 0 saturated heterocycles. The zero-order valence-electron chi connectivity index (χ0n) is 9.38. The lowest BCUT2D eigenvalue weighted by Gasteiger charge is -2.08. The van der Waals surface area contributed by atoms with Gasteiger partial charge in [-0.25, -0.2) is 0 Å². The number of carbonyl (C=O) groups is 1. The predicted molar refractivity (Wildman–Crippen MR) is 62.9 cm³/mol. The Kier molecular flexibility index (Phi) is 2.10. The summed E-state index contributed by atoms with van der Waals surface area (Å²) in [6, 6.07) is 5.80. The molecule has 0 spiro atoms. The molecule has 2 nitrogen and oxygen atoms in total. The van der Waals surface area contributed by atoms with E-state index in [0.717, 1.165) is 29.7 Å². The van der Waals surface area contributed by atoms with Gasteiger partial charge in [0, 0.05) is 22.9 Å². The van der Waals surface area contributed by atoms with Gasteiger partial charge >= 0.3 is 0 Å². The van der Waals surface area contributed by atoms with E-state index in [1.807, 2.05) is 18.2 Å². The van der Waals surface area contributed by atoms with Crippen LogP contribution in [0.25, 0.3) is 11.0 Å². The molecule has 0 fully saturated rings. The van der Waals surface area contributed by atoms with E-state index in [-0.39, 0.29) is 5.78 Å². The van der Waals surface area contributed by atoms with Crippen molar-refractivity contribution < 1.29 is 9.21 Å². The third-order valence-corrected chi connectivity index (χ3v) is 3.36. The molecule has 3 rings (SSSR count). The molecule has 16 heavy (non-hydrogen) atoms. The van der Waals surface area contributed by atoms with E-state index < -0.39 is 0 Å². The molecular formula is C14H14O2. The lowest BCUT2D eigenvalue weighted by atomic mass is 9.95. The highest BCUT2D eigenvalue weighted by atomic mass is 16.3. The molecule has 0 unspecified atom stereocenters. The molecule has 2 aromatic rings. The first-order valence-corrected chi connectivity index (χ1v) is 5.81. The fourth-order valence-corrected chi connectivity index (χ4v) is 2.48. The molecule has 1 heterocycles. The molecule has 0 radical (unpaired) electrons. The van der Waals surface area contributed by atoms with E-state index in [4.69, 9.17) is 4.42 Å². The Morgan fingerprint density at radius 2 is 2.06 bits per heavy atom. The smallest absolute Gasteiger partial charge is 0.159 e. The van der Waals surface area contributed by atoms with Crippen molar-refractivity contribution in [3.63, 3.8) is 0 Å². The lowest BCUT2D eigenvalue weighted by Crippen LogP contribution is -1.98. The van der Waals surface area contributed by atoms with E-state index in [2.05, 4.69) is 0 Å². The van der Waals surface area contributed by atoms with Gasteiger partial charge < -0.3 is 4.42 Å². The number of hydrogen-bond acceptors (Lipinski definition) is 2. The number of hydrogen-bond donors (Lipinski definition) is 0. The normalized spacial score (nSPS) is 15.1. The summed E-state index contributed by atoms with van der Waals surface area (Å²) in [4.78, 5) is 11.3. The molecular weight excluding hydrogens is 200 g/mol. The van der Waals surface area contributed by atoms with Gasteiger partial charge in [-0.1, -0.05) is 12.1 Å². The maximum atomic E-state index is 11.3. The Hall–Kier alpha value is -1.57. The second kappa shape index (κ2) is 3.48. The molecule has 0 bridgehead atoms. The van der Waals surface area contributed by atoms with E-state index >= 15 is 0 Å². The molecule has 0 aliphatic heterocycles. The fraction of sp³-hybridized carbons (Fsp3) is 0.357. The van der Waals surface area contributed by atoms with Crippen LogP contribution in [-0.2, 0) is 12.8 Å². The largest absolute Gasteiger partial charge is 0.461 e. The topological polar surface area (TPSA) is 30.2 Å². The number of Topliss-reactive ketones (excluding diaryl/α,β-unsaturated/α-hetero) is 1. The first kappa shape index (κ1) is 9.64. The van der Waals surface area contributed by atoms with Crippen molar-refractivity contribution >= 4 is 16.8 Å². The summed E-state index contributed by atoms with van der Waals surface area (Å²) in [5.41, 5.74) is 2.97. The molecule has 1 aliphatic rings. The average Bonchev–Trinajstić information content (AvgIpc) is 2.66. The molecule has 1 aromatic heterocycles. The Balaban J connectivity index is 2.22. The van der Waals surface area contributed by atoms with Crippen LogP contribution in [0.2, 0.25) is 0 Å². The summed E-state index contributed by atoms with van der Waals surface area (Å²) in [6.45, 7) is 1.59. The van der Waals surface area contributed by atoms with E-state index in [0.29, 0.717) is 0 Å². The highest BCUT2D eigenvalue weighted by molar-refractivity contribution is 5.98. The third kappa shape index (κ3) is 1.37. The molecule has 1 aromatic carbocycles. The first-order chi connectivity index (χ1) is 7.75. The lowest BCUT2D eigenvalue weighted by molar-refractivity contribution is 0.101. The van der Waals surface area contributed by atoms with Gasteiger partial charge in [-0.3, -0.25) is 4.79 Å². The van der Waals surface area contributed by atoms with Gasteiger partial charge in [0.1, 0.15) is 11.3 Å². The van der Waals surface area contributed by atoms with E-state index in [1.165, 1.54) is 23.8 Å². The van der Waals surface area contributed by atoms with Crippen LogP contribution in [-0.4, -0.2) is 5.78 Å². The fourth-order valence-electron chi connectivity index (χ4n) is 2.48. The van der Waals surface area contributed by atoms with Crippen molar-refractivity contribution in [2.45, 2.75) is 32.6 Å². The number of carbonyl (C=O) groups excluding carboxylic acids is 1. The van der Waals surface area contributed by atoms with Crippen molar-refractivity contribution in [2.75, 3.05) is 0 Å². The van der Waals surface area contributed by atoms with Crippen LogP contribution in [0.3, 0.4) is 0 Å². The van der Waals surface area contributed by atoms with Gasteiger partial charge in [0.25, 0.3) is 0 Å². The van der Waals surface area contributed by atoms with Crippen molar-refractivity contribution in [3.8, 4) is 0 Å². The number of furan rings is 1. The molecule has 82 valence electrons. The maximum absolute atomic E-state index is 11.3. The third-order valence-electron chi connectivity index (χ3n) is 3.36. The van der Waals surface area contributed by atoms with Crippen molar-refractivity contribution in [3.05, 3.63) is 35.1 Å². The summed E-state index contributed by atoms with van der Waals surface area (Å²) in [7, 11) is 0. The van der Waals surface area contributed by atoms with Crippen LogP contribution in [0, 0.1) is 0 Å². The van der Waals surface area contributed by atoms with Gasteiger partial charge in [0.05, 0.1) is 0 Å². The first-order valence-electron chi connectivity index (χ1n) is 5.81. The number of benzene rings is 1. The van der Waals surface area contributed by atoms with Crippen LogP contribution in [0.4, 0.5) is 0 Å². The quantitative estimate of drug-likeness (QED) is 0.680. The monoisotopic (exact) mass is 214 g/mol. The molecule has 1 aliphatic carbocycles. The minimum atomic E-state index is 0.0938. The van der Waals surface area contributed by atoms with Gasteiger partial charge in [0.15, 0.2) is 5.78 Å². The summed E-state index contributed by atoms with van der Waals surface area (Å²) < 4.78 is 5.83. The average molecular weight is 214 g/mol. The van der Waals surface area contributed by atoms with Crippen LogP contribution in [0.1, 0.15) is 41.4 Å². The number of rotatable bonds is 1. The van der Waals surface area contributed by atoms with Crippen molar-refractivity contribution in [2.24, 2.45) is 0 Å². The van der Waals surface area contributed by atoms with Crippen LogP contribution in [0.15, 0.2) is 22.6 Å². The Morgan fingerprint density at radius 1 is 1.25 bits per heavy atom. The Labute approximate surface area is 94.3 Å². The van der Waals surface area contributed by atoms with E-state index in [9.17, 15) is 4.79 Å². The number of fused-ring (bicyclic) bond motifs is 3. The van der Waals surface area contributed by atoms with Crippen LogP contribution in [0.5, 0.6) is 0 Å². The van der Waals surface area contributed by atoms with Crippen molar-refractivity contribution in [1.29, 1.82) is 0 Å². The van der Waals surface area contributed by atoms with Crippen LogP contribution < -0.4 is 0 Å². The van der Waals surface area contributed by atoms with Crippen molar-refractivity contribution in [1.82, 2.24) is 0 Å². The number of aryl methyl sites for hydroxylation is 2. The summed E-state index contributed by atoms with van der Waals surface area (Å²) in [6.07, 6.45) is 4.61. The Morgan fingerprint density at radius 3 is 2.88 bits per heavy atom. The standard InChI is InChI=1S/C14H14O2/c1-9(15)10-6-7-12-11-4-2-3-5-13(11)16-14(12)8-10/h6-8H,2-5H2,1H3. The highest BCUT2D eigenvalue weighted by Gasteiger charge is 2.17. The number of ketones is 1. The zero-order chi connectivity index (χ0) is 11.1. The Bertz CT molecular complexity index is 563. The van der Waals surface area contributed by atoms with Gasteiger partial charge in [-0.05, 0) is 32.3 Å². The molecule has 2 heteroatoms. The van der Waals surface area contributed by atoms with Gasteiger partial charge in [-0.15, -0.1) is 0 Å². The summed E-state index contributed by atoms with van der Waals surface area (Å²) in [5, 5.41) is 1.19. The second-order valence-corrected chi connectivity index (χ2v) is 4.48. The second-order valence-electron chi connectivity index (χ2n) is 4.48.